The number of nitrogens with one attached hydrogen (secondary N) is 2. The van der Waals surface area contributed by atoms with E-state index in [-0.39, 0.29) is 18.2 Å². The van der Waals surface area contributed by atoms with Crippen molar-refractivity contribution in [2.45, 2.75) is 33.4 Å². The number of amides is 2. The minimum absolute atomic E-state index is 0.122. The third kappa shape index (κ3) is 4.75. The van der Waals surface area contributed by atoms with Gasteiger partial charge in [0.25, 0.3) is 0 Å². The number of aromatic nitrogens is 2. The molecular formula is C24H22N4O3. The van der Waals surface area contributed by atoms with E-state index in [0.29, 0.717) is 24.5 Å². The van der Waals surface area contributed by atoms with Crippen molar-refractivity contribution >= 4 is 23.2 Å². The Morgan fingerprint density at radius 2 is 1.97 bits per heavy atom. The van der Waals surface area contributed by atoms with Crippen LogP contribution in [0.15, 0.2) is 48.5 Å². The first-order valence-corrected chi connectivity index (χ1v) is 9.92. The number of rotatable bonds is 4. The first-order valence-electron chi connectivity index (χ1n) is 9.92. The predicted octanol–water partition coefficient (Wildman–Crippen LogP) is 3.80. The Morgan fingerprint density at radius 3 is 2.77 bits per heavy atom. The van der Waals surface area contributed by atoms with Crippen molar-refractivity contribution in [1.29, 1.82) is 0 Å². The fraction of sp³-hybridized carbons (Fsp3) is 0.208. The van der Waals surface area contributed by atoms with Crippen molar-refractivity contribution in [2.24, 2.45) is 0 Å². The highest BCUT2D eigenvalue weighted by Crippen LogP contribution is 2.30. The summed E-state index contributed by atoms with van der Waals surface area (Å²) in [5, 5.41) is 10.4. The van der Waals surface area contributed by atoms with Gasteiger partial charge in [0.2, 0.25) is 11.8 Å². The fourth-order valence-electron chi connectivity index (χ4n) is 3.39. The van der Waals surface area contributed by atoms with Gasteiger partial charge in [0.1, 0.15) is 12.4 Å². The molecule has 7 nitrogen and oxygen atoms in total. The summed E-state index contributed by atoms with van der Waals surface area (Å²) in [4.78, 5) is 23.2. The number of nitrogens with zero attached hydrogens (tertiary/aromatic N) is 2. The van der Waals surface area contributed by atoms with Gasteiger partial charge in [-0.3, -0.25) is 14.3 Å². The number of benzene rings is 2. The van der Waals surface area contributed by atoms with Crippen molar-refractivity contribution in [3.8, 4) is 28.8 Å². The molecule has 1 aliphatic heterocycles. The summed E-state index contributed by atoms with van der Waals surface area (Å²) < 4.78 is 7.90. The molecule has 0 radical (unpaired) electrons. The molecule has 4 rings (SSSR count). The van der Waals surface area contributed by atoms with E-state index in [1.807, 2.05) is 53.2 Å². The number of hydrogen-bond donors (Lipinski definition) is 2. The molecule has 2 N–H and O–H groups in total. The van der Waals surface area contributed by atoms with Gasteiger partial charge in [-0.15, -0.1) is 5.92 Å². The Kier molecular flexibility index (Phi) is 5.72. The molecule has 0 bridgehead atoms. The Morgan fingerprint density at radius 1 is 1.13 bits per heavy atom. The number of ether oxygens (including phenoxy) is 1. The molecule has 1 aliphatic rings. The zero-order valence-corrected chi connectivity index (χ0v) is 17.4. The quantitative estimate of drug-likeness (QED) is 0.636. The highest BCUT2D eigenvalue weighted by molar-refractivity contribution is 5.93. The molecule has 0 saturated carbocycles. The van der Waals surface area contributed by atoms with E-state index in [0.717, 1.165) is 28.3 Å². The second-order valence-electron chi connectivity index (χ2n) is 7.20. The lowest BCUT2D eigenvalue weighted by Gasteiger charge is -2.09. The molecule has 0 atom stereocenters. The molecule has 0 spiro atoms. The molecule has 31 heavy (non-hydrogen) atoms. The summed E-state index contributed by atoms with van der Waals surface area (Å²) in [7, 11) is 0. The Bertz CT molecular complexity index is 1220. The number of fused-ring (bicyclic) bond motifs is 2. The molecule has 0 unspecified atom stereocenters. The number of carbonyl (C=O) groups is 2. The summed E-state index contributed by atoms with van der Waals surface area (Å²) in [6, 6.07) is 15.2. The summed E-state index contributed by atoms with van der Waals surface area (Å²) in [6.45, 7) is 4.12. The Labute approximate surface area is 180 Å². The third-order valence-corrected chi connectivity index (χ3v) is 4.81. The summed E-state index contributed by atoms with van der Waals surface area (Å²) >= 11 is 0. The molecular weight excluding hydrogens is 392 g/mol. The van der Waals surface area contributed by atoms with Gasteiger partial charge in [0.15, 0.2) is 0 Å². The maximum absolute atomic E-state index is 11.9. The Hall–Kier alpha value is -4.05. The lowest BCUT2D eigenvalue weighted by atomic mass is 10.1. The summed E-state index contributed by atoms with van der Waals surface area (Å²) in [5.74, 6) is 5.95. The van der Waals surface area contributed by atoms with E-state index in [2.05, 4.69) is 22.5 Å². The molecule has 3 aromatic rings. The molecule has 0 aliphatic carbocycles. The van der Waals surface area contributed by atoms with E-state index in [1.54, 1.807) is 6.92 Å². The lowest BCUT2D eigenvalue weighted by Crippen LogP contribution is -2.10. The molecule has 1 aromatic heterocycles. The van der Waals surface area contributed by atoms with Crippen LogP contribution in [0.4, 0.5) is 11.4 Å². The van der Waals surface area contributed by atoms with Crippen LogP contribution in [0.5, 0.6) is 5.75 Å². The topological polar surface area (TPSA) is 85.3 Å². The number of carbonyl (C=O) groups excluding carboxylic acids is 2. The fourth-order valence-corrected chi connectivity index (χ4v) is 3.39. The summed E-state index contributed by atoms with van der Waals surface area (Å²) in [6.07, 6.45) is 0.167. The average Bonchev–Trinajstić information content (AvgIpc) is 3.07. The van der Waals surface area contributed by atoms with Gasteiger partial charge in [-0.25, -0.2) is 0 Å². The zero-order chi connectivity index (χ0) is 21.8. The van der Waals surface area contributed by atoms with Crippen molar-refractivity contribution in [3.05, 3.63) is 59.8 Å². The van der Waals surface area contributed by atoms with Crippen LogP contribution in [0.1, 0.15) is 31.5 Å². The lowest BCUT2D eigenvalue weighted by molar-refractivity contribution is -0.115. The van der Waals surface area contributed by atoms with Crippen molar-refractivity contribution in [1.82, 2.24) is 9.78 Å². The van der Waals surface area contributed by atoms with Crippen molar-refractivity contribution < 1.29 is 14.3 Å². The van der Waals surface area contributed by atoms with E-state index < -0.39 is 0 Å². The van der Waals surface area contributed by atoms with Crippen LogP contribution in [-0.2, 0) is 22.7 Å². The minimum atomic E-state index is -0.143. The van der Waals surface area contributed by atoms with Gasteiger partial charge in [-0.1, -0.05) is 24.1 Å². The van der Waals surface area contributed by atoms with Gasteiger partial charge in [-0.05, 0) is 31.2 Å². The van der Waals surface area contributed by atoms with Crippen LogP contribution in [-0.4, -0.2) is 21.6 Å². The van der Waals surface area contributed by atoms with Gasteiger partial charge in [0, 0.05) is 35.5 Å². The number of anilines is 2. The van der Waals surface area contributed by atoms with Crippen LogP contribution < -0.4 is 15.4 Å². The van der Waals surface area contributed by atoms with Gasteiger partial charge in [-0.2, -0.15) is 5.10 Å². The van der Waals surface area contributed by atoms with Crippen molar-refractivity contribution in [3.63, 3.8) is 0 Å². The molecule has 0 saturated heterocycles. The van der Waals surface area contributed by atoms with Gasteiger partial charge in [0.05, 0.1) is 24.4 Å². The smallest absolute Gasteiger partial charge is 0.236 e. The van der Waals surface area contributed by atoms with Crippen LogP contribution in [0.25, 0.3) is 11.3 Å². The maximum Gasteiger partial charge on any atom is 0.236 e. The Balaban J connectivity index is 1.55. The summed E-state index contributed by atoms with van der Waals surface area (Å²) in [5.41, 5.74) is 5.05. The molecule has 2 aromatic carbocycles. The second kappa shape index (κ2) is 8.76. The molecule has 7 heteroatoms. The third-order valence-electron chi connectivity index (χ3n) is 4.81. The van der Waals surface area contributed by atoms with E-state index in [4.69, 9.17) is 9.84 Å². The maximum atomic E-state index is 11.9. The van der Waals surface area contributed by atoms with Crippen molar-refractivity contribution in [2.75, 3.05) is 10.6 Å². The second-order valence-corrected chi connectivity index (χ2v) is 7.20. The molecule has 156 valence electrons. The number of hydrogen-bond acceptors (Lipinski definition) is 4. The highest BCUT2D eigenvalue weighted by atomic mass is 16.5. The van der Waals surface area contributed by atoms with E-state index in [9.17, 15) is 9.59 Å². The molecule has 2 amide bonds. The first-order chi connectivity index (χ1) is 15.0. The predicted molar refractivity (Wildman–Crippen MR) is 119 cm³/mol. The molecule has 2 heterocycles. The van der Waals surface area contributed by atoms with Crippen LogP contribution in [0.3, 0.4) is 0 Å². The monoisotopic (exact) mass is 414 g/mol. The standard InChI is InChI=1S/C24H22N4O3/c1-3-4-8-24(30)26-19-7-5-6-17(11-19)22-13-21-15-31-23-12-20(25-16(2)29)10-9-18(23)14-28(21)27-22/h5-7,9-13H,8,14-15H2,1-2H3,(H,25,29)(H,26,30). The van der Waals surface area contributed by atoms with E-state index in [1.165, 1.54) is 6.92 Å². The van der Waals surface area contributed by atoms with Gasteiger partial charge < -0.3 is 15.4 Å². The minimum Gasteiger partial charge on any atom is -0.487 e. The largest absolute Gasteiger partial charge is 0.487 e. The van der Waals surface area contributed by atoms with Gasteiger partial charge >= 0.3 is 0 Å². The zero-order valence-electron chi connectivity index (χ0n) is 17.4. The first kappa shape index (κ1) is 20.2. The molecule has 0 fully saturated rings. The normalized spacial score (nSPS) is 11.7. The highest BCUT2D eigenvalue weighted by Gasteiger charge is 2.18. The van der Waals surface area contributed by atoms with Crippen LogP contribution in [0, 0.1) is 11.8 Å². The van der Waals surface area contributed by atoms with E-state index >= 15 is 0 Å². The van der Waals surface area contributed by atoms with Crippen LogP contribution >= 0.6 is 0 Å². The average molecular weight is 414 g/mol. The van der Waals surface area contributed by atoms with Crippen LogP contribution in [0.2, 0.25) is 0 Å². The SMILES string of the molecule is CC#CCC(=O)Nc1cccc(-c2cc3n(n2)Cc2ccc(NC(C)=O)cc2OC3)c1.